The number of thioether (sulfide) groups is 1. The van der Waals surface area contributed by atoms with Gasteiger partial charge in [-0.05, 0) is 43.5 Å². The van der Waals surface area contributed by atoms with Crippen molar-refractivity contribution in [3.8, 4) is 0 Å². The first-order valence-electron chi connectivity index (χ1n) is 9.15. The van der Waals surface area contributed by atoms with Crippen molar-refractivity contribution in [3.63, 3.8) is 0 Å². The minimum atomic E-state index is -0.313. The van der Waals surface area contributed by atoms with Crippen molar-refractivity contribution < 1.29 is 4.39 Å². The molecule has 2 aromatic heterocycles. The number of thiazole rings is 1. The summed E-state index contributed by atoms with van der Waals surface area (Å²) in [6.45, 7) is 0.794. The third kappa shape index (κ3) is 4.60. The van der Waals surface area contributed by atoms with E-state index in [0.717, 1.165) is 15.7 Å². The molecule has 0 spiro atoms. The maximum atomic E-state index is 14.1. The number of rotatable bonds is 7. The summed E-state index contributed by atoms with van der Waals surface area (Å²) in [4.78, 5) is 6.58. The second-order valence-electron chi connectivity index (χ2n) is 6.85. The molecule has 0 N–H and O–H groups in total. The Hall–Kier alpha value is -1.78. The van der Waals surface area contributed by atoms with E-state index < -0.39 is 0 Å². The van der Waals surface area contributed by atoms with Crippen LogP contribution in [-0.2, 0) is 26.0 Å². The lowest BCUT2D eigenvalue weighted by atomic mass is 10.2. The van der Waals surface area contributed by atoms with Crippen LogP contribution in [-0.4, -0.2) is 31.3 Å². The molecule has 4 rings (SSSR count). The van der Waals surface area contributed by atoms with Crippen molar-refractivity contribution >= 4 is 57.1 Å². The van der Waals surface area contributed by atoms with Crippen LogP contribution in [0.3, 0.4) is 0 Å². The molecule has 5 nitrogen and oxygen atoms in total. The summed E-state index contributed by atoms with van der Waals surface area (Å²) in [6.07, 6.45) is 0. The van der Waals surface area contributed by atoms with Gasteiger partial charge in [0.25, 0.3) is 0 Å². The summed E-state index contributed by atoms with van der Waals surface area (Å²) in [6, 6.07) is 12.8. The zero-order chi connectivity index (χ0) is 21.3. The van der Waals surface area contributed by atoms with E-state index in [1.165, 1.54) is 10.8 Å². The maximum Gasteiger partial charge on any atom is 0.198 e. The van der Waals surface area contributed by atoms with Crippen LogP contribution in [0.25, 0.3) is 10.2 Å². The van der Waals surface area contributed by atoms with Gasteiger partial charge in [-0.1, -0.05) is 41.6 Å². The fourth-order valence-electron chi connectivity index (χ4n) is 3.02. The smallest absolute Gasteiger partial charge is 0.198 e. The summed E-state index contributed by atoms with van der Waals surface area (Å²) >= 11 is 15.0. The first-order chi connectivity index (χ1) is 14.4. The van der Waals surface area contributed by atoms with Crippen molar-refractivity contribution in [2.75, 3.05) is 7.05 Å². The van der Waals surface area contributed by atoms with Gasteiger partial charge in [-0.25, -0.2) is 14.1 Å². The summed E-state index contributed by atoms with van der Waals surface area (Å²) in [5, 5.41) is 5.08. The van der Waals surface area contributed by atoms with Crippen LogP contribution in [0, 0.1) is 10.6 Å². The van der Waals surface area contributed by atoms with E-state index in [2.05, 4.69) is 16.1 Å². The molecule has 0 saturated heterocycles. The van der Waals surface area contributed by atoms with Gasteiger partial charge in [0.15, 0.2) is 9.11 Å². The Kier molecular flexibility index (Phi) is 6.54. The molecule has 30 heavy (non-hydrogen) atoms. The first-order valence-corrected chi connectivity index (χ1v) is 11.7. The molecular weight excluding hydrogens is 461 g/mol. The van der Waals surface area contributed by atoms with Gasteiger partial charge in [-0.2, -0.15) is 5.10 Å². The van der Waals surface area contributed by atoms with Crippen LogP contribution in [0.1, 0.15) is 11.4 Å². The normalized spacial score (nSPS) is 11.6. The highest BCUT2D eigenvalue weighted by Gasteiger charge is 2.14. The monoisotopic (exact) mass is 479 g/mol. The Labute approximate surface area is 192 Å². The molecule has 0 saturated carbocycles. The van der Waals surface area contributed by atoms with Crippen molar-refractivity contribution in [1.29, 1.82) is 0 Å². The lowest BCUT2D eigenvalue weighted by Gasteiger charge is -2.17. The lowest BCUT2D eigenvalue weighted by molar-refractivity contribution is 0.240. The molecule has 2 heterocycles. The van der Waals surface area contributed by atoms with Crippen LogP contribution >= 0.6 is 46.9 Å². The molecule has 0 unspecified atom stereocenters. The van der Waals surface area contributed by atoms with Gasteiger partial charge in [-0.15, -0.1) is 11.3 Å². The van der Waals surface area contributed by atoms with E-state index in [1.807, 2.05) is 41.8 Å². The van der Waals surface area contributed by atoms with E-state index >= 15 is 0 Å². The molecule has 2 aromatic carbocycles. The van der Waals surface area contributed by atoms with Crippen LogP contribution in [0.5, 0.6) is 0 Å². The highest BCUT2D eigenvalue weighted by atomic mass is 35.5. The van der Waals surface area contributed by atoms with Crippen molar-refractivity contribution in [2.45, 2.75) is 23.3 Å². The lowest BCUT2D eigenvalue weighted by Crippen LogP contribution is -2.23. The highest BCUT2D eigenvalue weighted by Crippen LogP contribution is 2.31. The SMILES string of the molecule is CN(Cc1c(F)cccc1Cl)Cn1nc(CSc2nc3ccccc3s2)n(C)c1=S. The second kappa shape index (κ2) is 9.15. The van der Waals surface area contributed by atoms with Crippen LogP contribution in [0.2, 0.25) is 5.02 Å². The van der Waals surface area contributed by atoms with Crippen molar-refractivity contribution in [3.05, 3.63) is 69.5 Å². The maximum absolute atomic E-state index is 14.1. The zero-order valence-corrected chi connectivity index (χ0v) is 19.6. The van der Waals surface area contributed by atoms with E-state index in [-0.39, 0.29) is 5.82 Å². The predicted molar refractivity (Wildman–Crippen MR) is 124 cm³/mol. The molecule has 0 radical (unpaired) electrons. The van der Waals surface area contributed by atoms with Crippen LogP contribution in [0.15, 0.2) is 46.8 Å². The van der Waals surface area contributed by atoms with Gasteiger partial charge in [0.2, 0.25) is 0 Å². The molecule has 0 bridgehead atoms. The van der Waals surface area contributed by atoms with Gasteiger partial charge in [0, 0.05) is 24.2 Å². The molecule has 4 aromatic rings. The molecule has 0 fully saturated rings. The van der Waals surface area contributed by atoms with Crippen molar-refractivity contribution in [2.24, 2.45) is 7.05 Å². The Morgan fingerprint density at radius 1 is 1.23 bits per heavy atom. The summed E-state index contributed by atoms with van der Waals surface area (Å²) in [7, 11) is 3.79. The first kappa shape index (κ1) is 21.5. The molecule has 0 aliphatic carbocycles. The molecule has 0 atom stereocenters. The minimum Gasteiger partial charge on any atom is -0.306 e. The Bertz CT molecular complexity index is 1200. The van der Waals surface area contributed by atoms with E-state index in [1.54, 1.807) is 39.9 Å². The standard InChI is InChI=1S/C20H19ClFN5S3/c1-25(10-13-14(21)6-5-7-15(13)22)12-27-20(28)26(2)18(24-27)11-29-19-23-16-8-3-4-9-17(16)30-19/h3-9H,10-12H2,1-2H3. The Balaban J connectivity index is 1.45. The Morgan fingerprint density at radius 3 is 2.80 bits per heavy atom. The van der Waals surface area contributed by atoms with Gasteiger partial charge >= 0.3 is 0 Å². The minimum absolute atomic E-state index is 0.313. The molecule has 10 heteroatoms. The fraction of sp³-hybridized carbons (Fsp3) is 0.250. The number of halogens is 2. The number of fused-ring (bicyclic) bond motifs is 1. The number of aromatic nitrogens is 4. The number of hydrogen-bond acceptors (Lipinski definition) is 6. The molecular formula is C20H19ClFN5S3. The molecule has 0 aliphatic rings. The Morgan fingerprint density at radius 2 is 2.03 bits per heavy atom. The largest absolute Gasteiger partial charge is 0.306 e. The van der Waals surface area contributed by atoms with Crippen LogP contribution < -0.4 is 0 Å². The quantitative estimate of drug-likeness (QED) is 0.250. The second-order valence-corrected chi connectivity index (χ2v) is 9.87. The molecule has 0 amide bonds. The molecule has 156 valence electrons. The van der Waals surface area contributed by atoms with Gasteiger partial charge in [0.1, 0.15) is 11.6 Å². The van der Waals surface area contributed by atoms with E-state index in [4.69, 9.17) is 23.8 Å². The number of hydrogen-bond donors (Lipinski definition) is 0. The van der Waals surface area contributed by atoms with Crippen molar-refractivity contribution in [1.82, 2.24) is 24.2 Å². The van der Waals surface area contributed by atoms with Gasteiger partial charge < -0.3 is 4.57 Å². The fourth-order valence-corrected chi connectivity index (χ4v) is 5.49. The average molecular weight is 480 g/mol. The summed E-state index contributed by atoms with van der Waals surface area (Å²) < 4.78 is 20.5. The molecule has 0 aliphatic heterocycles. The topological polar surface area (TPSA) is 38.9 Å². The summed E-state index contributed by atoms with van der Waals surface area (Å²) in [5.41, 5.74) is 1.48. The number of nitrogens with zero attached hydrogens (tertiary/aromatic N) is 5. The highest BCUT2D eigenvalue weighted by molar-refractivity contribution is 8.00. The van der Waals surface area contributed by atoms with Gasteiger partial charge in [-0.3, -0.25) is 4.90 Å². The average Bonchev–Trinajstić information content (AvgIpc) is 3.25. The van der Waals surface area contributed by atoms with E-state index in [0.29, 0.717) is 34.3 Å². The van der Waals surface area contributed by atoms with E-state index in [9.17, 15) is 4.39 Å². The van der Waals surface area contributed by atoms with Gasteiger partial charge in [0.05, 0.1) is 22.6 Å². The zero-order valence-electron chi connectivity index (χ0n) is 16.4. The third-order valence-electron chi connectivity index (χ3n) is 4.60. The number of para-hydroxylation sites is 1. The van der Waals surface area contributed by atoms with Crippen LogP contribution in [0.4, 0.5) is 4.39 Å². The predicted octanol–water partition coefficient (Wildman–Crippen LogP) is 5.74. The number of benzene rings is 2. The third-order valence-corrected chi connectivity index (χ3v) is 7.61. The summed E-state index contributed by atoms with van der Waals surface area (Å²) in [5.74, 6) is 1.21.